The van der Waals surface area contributed by atoms with Gasteiger partial charge in [0.25, 0.3) is 0 Å². The van der Waals surface area contributed by atoms with Gasteiger partial charge in [0.15, 0.2) is 5.69 Å². The van der Waals surface area contributed by atoms with E-state index in [-0.39, 0.29) is 12.3 Å². The van der Waals surface area contributed by atoms with Crippen molar-refractivity contribution < 1.29 is 14.6 Å². The van der Waals surface area contributed by atoms with Crippen molar-refractivity contribution in [2.75, 3.05) is 26.1 Å². The van der Waals surface area contributed by atoms with E-state index in [0.29, 0.717) is 11.4 Å². The molecule has 0 saturated heterocycles. The van der Waals surface area contributed by atoms with Crippen molar-refractivity contribution in [1.29, 1.82) is 0 Å². The summed E-state index contributed by atoms with van der Waals surface area (Å²) < 4.78 is 4.57. The van der Waals surface area contributed by atoms with Crippen LogP contribution in [0.5, 0.6) is 0 Å². The number of aliphatic hydroxyl groups excluding tert-OH is 1. The summed E-state index contributed by atoms with van der Waals surface area (Å²) in [5.74, 6) is 0.107. The van der Waals surface area contributed by atoms with Crippen molar-refractivity contribution >= 4 is 11.8 Å². The van der Waals surface area contributed by atoms with Crippen molar-refractivity contribution in [1.82, 2.24) is 4.98 Å². The van der Waals surface area contributed by atoms with E-state index in [1.165, 1.54) is 13.2 Å². The third-order valence-corrected chi connectivity index (χ3v) is 1.91. The molecule has 5 nitrogen and oxygen atoms in total. The number of esters is 1. The molecule has 1 heterocycles. The van der Waals surface area contributed by atoms with E-state index in [4.69, 9.17) is 5.11 Å². The van der Waals surface area contributed by atoms with Crippen LogP contribution in [0, 0.1) is 0 Å². The highest BCUT2D eigenvalue weighted by molar-refractivity contribution is 5.87. The largest absolute Gasteiger partial charge is 0.464 e. The normalized spacial score (nSPS) is 9.87. The van der Waals surface area contributed by atoms with E-state index >= 15 is 0 Å². The molecule has 0 unspecified atom stereocenters. The molecule has 1 rings (SSSR count). The van der Waals surface area contributed by atoms with Gasteiger partial charge in [-0.1, -0.05) is 0 Å². The monoisotopic (exact) mass is 210 g/mol. The maximum Gasteiger partial charge on any atom is 0.356 e. The molecule has 0 amide bonds. The Labute approximate surface area is 88.3 Å². The number of carbonyl (C=O) groups is 1. The molecule has 0 saturated carbocycles. The number of rotatable bonds is 3. The smallest absolute Gasteiger partial charge is 0.356 e. The minimum absolute atomic E-state index is 0.132. The zero-order valence-electron chi connectivity index (χ0n) is 9.02. The number of methoxy groups -OCH3 is 1. The van der Waals surface area contributed by atoms with Crippen LogP contribution in [0.2, 0.25) is 0 Å². The fourth-order valence-electron chi connectivity index (χ4n) is 1.10. The van der Waals surface area contributed by atoms with Gasteiger partial charge in [-0.05, 0) is 17.7 Å². The Hall–Kier alpha value is -1.62. The molecular formula is C10H14N2O3. The first-order chi connectivity index (χ1) is 7.08. The number of aromatic nitrogens is 1. The molecule has 0 bridgehead atoms. The molecule has 1 aromatic heterocycles. The Morgan fingerprint density at radius 1 is 1.53 bits per heavy atom. The predicted molar refractivity (Wildman–Crippen MR) is 55.8 cm³/mol. The lowest BCUT2D eigenvalue weighted by molar-refractivity contribution is 0.0594. The van der Waals surface area contributed by atoms with Gasteiger partial charge >= 0.3 is 5.97 Å². The molecule has 0 aliphatic heterocycles. The van der Waals surface area contributed by atoms with Gasteiger partial charge in [0.1, 0.15) is 5.82 Å². The average molecular weight is 210 g/mol. The number of pyridine rings is 1. The van der Waals surface area contributed by atoms with E-state index in [1.807, 2.05) is 14.1 Å². The van der Waals surface area contributed by atoms with Crippen molar-refractivity contribution in [3.05, 3.63) is 23.4 Å². The van der Waals surface area contributed by atoms with Crippen molar-refractivity contribution in [2.45, 2.75) is 6.61 Å². The second-order valence-corrected chi connectivity index (χ2v) is 3.26. The highest BCUT2D eigenvalue weighted by Gasteiger charge is 2.11. The van der Waals surface area contributed by atoms with Crippen LogP contribution < -0.4 is 4.90 Å². The van der Waals surface area contributed by atoms with Gasteiger partial charge in [-0.25, -0.2) is 9.78 Å². The van der Waals surface area contributed by atoms with Crippen molar-refractivity contribution in [2.24, 2.45) is 0 Å². The molecule has 0 radical (unpaired) electrons. The fraction of sp³-hybridized carbons (Fsp3) is 0.400. The van der Waals surface area contributed by atoms with Crippen LogP contribution in [-0.4, -0.2) is 37.3 Å². The second-order valence-electron chi connectivity index (χ2n) is 3.26. The summed E-state index contributed by atoms with van der Waals surface area (Å²) in [6.45, 7) is -0.132. The van der Waals surface area contributed by atoms with E-state index in [9.17, 15) is 4.79 Å². The first-order valence-electron chi connectivity index (χ1n) is 4.46. The quantitative estimate of drug-likeness (QED) is 0.733. The van der Waals surface area contributed by atoms with Gasteiger partial charge in [0.2, 0.25) is 0 Å². The molecule has 0 aromatic carbocycles. The maximum absolute atomic E-state index is 11.3. The summed E-state index contributed by atoms with van der Waals surface area (Å²) in [5.41, 5.74) is 0.835. The standard InChI is InChI=1S/C10H14N2O3/c1-12(2)9-5-7(6-13)4-8(11-9)10(14)15-3/h4-5,13H,6H2,1-3H3. The predicted octanol–water partition coefficient (Wildman–Crippen LogP) is 0.426. The minimum atomic E-state index is -0.506. The van der Waals surface area contributed by atoms with Crippen LogP contribution in [0.15, 0.2) is 12.1 Å². The third-order valence-electron chi connectivity index (χ3n) is 1.91. The van der Waals surface area contributed by atoms with Crippen LogP contribution in [0.25, 0.3) is 0 Å². The molecule has 1 aromatic rings. The Kier molecular flexibility index (Phi) is 3.62. The minimum Gasteiger partial charge on any atom is -0.464 e. The van der Waals surface area contributed by atoms with Crippen LogP contribution >= 0.6 is 0 Å². The topological polar surface area (TPSA) is 62.7 Å². The van der Waals surface area contributed by atoms with Gasteiger partial charge in [0.05, 0.1) is 13.7 Å². The van der Waals surface area contributed by atoms with Crippen LogP contribution in [0.3, 0.4) is 0 Å². The summed E-state index contributed by atoms with van der Waals surface area (Å²) in [6.07, 6.45) is 0. The molecule has 0 aliphatic rings. The summed E-state index contributed by atoms with van der Waals surface area (Å²) in [7, 11) is 4.92. The van der Waals surface area contributed by atoms with Gasteiger partial charge in [-0.3, -0.25) is 0 Å². The first-order valence-corrected chi connectivity index (χ1v) is 4.46. The molecule has 0 fully saturated rings. The van der Waals surface area contributed by atoms with E-state index < -0.39 is 5.97 Å². The number of nitrogens with zero attached hydrogens (tertiary/aromatic N) is 2. The summed E-state index contributed by atoms with van der Waals surface area (Å²) in [4.78, 5) is 17.1. The van der Waals surface area contributed by atoms with Crippen molar-refractivity contribution in [3.63, 3.8) is 0 Å². The first kappa shape index (κ1) is 11.5. The third kappa shape index (κ3) is 2.66. The molecule has 0 aliphatic carbocycles. The number of hydrogen-bond acceptors (Lipinski definition) is 5. The fourth-order valence-corrected chi connectivity index (χ4v) is 1.10. The molecule has 5 heteroatoms. The number of carbonyl (C=O) groups excluding carboxylic acids is 1. The molecule has 15 heavy (non-hydrogen) atoms. The highest BCUT2D eigenvalue weighted by atomic mass is 16.5. The molecule has 1 N–H and O–H groups in total. The molecule has 0 spiro atoms. The number of anilines is 1. The van der Waals surface area contributed by atoms with Gasteiger partial charge in [-0.2, -0.15) is 0 Å². The Morgan fingerprint density at radius 2 is 2.20 bits per heavy atom. The number of aliphatic hydroxyl groups is 1. The van der Waals surface area contributed by atoms with Gasteiger partial charge in [0, 0.05) is 14.1 Å². The molecule has 0 atom stereocenters. The Morgan fingerprint density at radius 3 is 2.67 bits per heavy atom. The summed E-state index contributed by atoms with van der Waals surface area (Å²) >= 11 is 0. The van der Waals surface area contributed by atoms with E-state index in [0.717, 1.165) is 0 Å². The number of ether oxygens (including phenoxy) is 1. The summed E-state index contributed by atoms with van der Waals surface area (Å²) in [5, 5.41) is 9.02. The Balaban J connectivity index is 3.17. The van der Waals surface area contributed by atoms with E-state index in [1.54, 1.807) is 11.0 Å². The number of hydrogen-bond donors (Lipinski definition) is 1. The van der Waals surface area contributed by atoms with Crippen LogP contribution in [0.4, 0.5) is 5.82 Å². The SMILES string of the molecule is COC(=O)c1cc(CO)cc(N(C)C)n1. The average Bonchev–Trinajstić information content (AvgIpc) is 2.27. The van der Waals surface area contributed by atoms with Gasteiger partial charge in [-0.15, -0.1) is 0 Å². The lowest BCUT2D eigenvalue weighted by Crippen LogP contribution is -2.14. The van der Waals surface area contributed by atoms with Crippen molar-refractivity contribution in [3.8, 4) is 0 Å². The lowest BCUT2D eigenvalue weighted by Gasteiger charge is -2.13. The zero-order chi connectivity index (χ0) is 11.4. The van der Waals surface area contributed by atoms with Crippen LogP contribution in [0.1, 0.15) is 16.1 Å². The van der Waals surface area contributed by atoms with Gasteiger partial charge < -0.3 is 14.7 Å². The Bertz CT molecular complexity index is 364. The van der Waals surface area contributed by atoms with Crippen LogP contribution in [-0.2, 0) is 11.3 Å². The molecular weight excluding hydrogens is 196 g/mol. The highest BCUT2D eigenvalue weighted by Crippen LogP contribution is 2.13. The van der Waals surface area contributed by atoms with E-state index in [2.05, 4.69) is 9.72 Å². The summed E-state index contributed by atoms with van der Waals surface area (Å²) in [6, 6.07) is 3.23. The second kappa shape index (κ2) is 4.75. The zero-order valence-corrected chi connectivity index (χ0v) is 9.02. The molecule has 82 valence electrons. The lowest BCUT2D eigenvalue weighted by atomic mass is 10.2. The maximum atomic E-state index is 11.3.